The van der Waals surface area contributed by atoms with E-state index in [0.717, 1.165) is 29.4 Å². The quantitative estimate of drug-likeness (QED) is 0.833. The van der Waals surface area contributed by atoms with Crippen molar-refractivity contribution in [1.82, 2.24) is 0 Å². The predicted octanol–water partition coefficient (Wildman–Crippen LogP) is 4.15. The van der Waals surface area contributed by atoms with E-state index < -0.39 is 17.5 Å². The van der Waals surface area contributed by atoms with Crippen LogP contribution in [0.1, 0.15) is 15.9 Å². The van der Waals surface area contributed by atoms with Gasteiger partial charge in [0.05, 0.1) is 5.56 Å². The summed E-state index contributed by atoms with van der Waals surface area (Å²) in [5.74, 6) is -2.19. The average Bonchev–Trinajstić information content (AvgIpc) is 2.41. The van der Waals surface area contributed by atoms with E-state index in [0.29, 0.717) is 11.8 Å². The number of carbonyl (C=O) groups excluding carboxylic acids is 1. The summed E-state index contributed by atoms with van der Waals surface area (Å²) in [4.78, 5) is 11.9. The molecule has 0 heterocycles. The third-order valence-corrected chi connectivity index (χ3v) is 3.17. The summed E-state index contributed by atoms with van der Waals surface area (Å²) < 4.78 is 26.2. The van der Waals surface area contributed by atoms with Gasteiger partial charge in [-0.15, -0.1) is 0 Å². The van der Waals surface area contributed by atoms with Gasteiger partial charge in [-0.1, -0.05) is 28.1 Å². The lowest BCUT2D eigenvalue weighted by molar-refractivity contribution is 0.102. The first-order valence-electron chi connectivity index (χ1n) is 6.01. The van der Waals surface area contributed by atoms with Crippen molar-refractivity contribution in [1.29, 1.82) is 0 Å². The smallest absolute Gasteiger partial charge is 0.258 e. The van der Waals surface area contributed by atoms with Crippen LogP contribution in [0, 0.1) is 11.6 Å². The number of carbonyl (C=O) groups is 1. The van der Waals surface area contributed by atoms with Gasteiger partial charge in [-0.2, -0.15) is 0 Å². The summed E-state index contributed by atoms with van der Waals surface area (Å²) in [5, 5.41) is 3.44. The van der Waals surface area contributed by atoms with Crippen LogP contribution in [0.25, 0.3) is 0 Å². The molecule has 1 amide bonds. The van der Waals surface area contributed by atoms with Gasteiger partial charge in [0.2, 0.25) is 0 Å². The molecule has 0 atom stereocenters. The zero-order chi connectivity index (χ0) is 14.5. The molecule has 0 aliphatic rings. The summed E-state index contributed by atoms with van der Waals surface area (Å²) in [5.41, 5.74) is 1.51. The van der Waals surface area contributed by atoms with Crippen molar-refractivity contribution in [3.63, 3.8) is 0 Å². The Balaban J connectivity index is 2.11. The van der Waals surface area contributed by atoms with Crippen LogP contribution in [-0.2, 0) is 6.42 Å². The Labute approximate surface area is 123 Å². The van der Waals surface area contributed by atoms with Gasteiger partial charge in [0.25, 0.3) is 5.91 Å². The highest BCUT2D eigenvalue weighted by atomic mass is 79.9. The topological polar surface area (TPSA) is 29.1 Å². The molecule has 2 aromatic rings. The standard InChI is InChI=1S/C15H12BrF2NO/c16-8-7-10-1-4-12(5-2-10)19-15(20)13-6-3-11(17)9-14(13)18/h1-6,9H,7-8H2,(H,19,20). The molecule has 0 spiro atoms. The van der Waals surface area contributed by atoms with Crippen LogP contribution >= 0.6 is 15.9 Å². The van der Waals surface area contributed by atoms with Crippen LogP contribution in [0.5, 0.6) is 0 Å². The van der Waals surface area contributed by atoms with Crippen molar-refractivity contribution in [2.45, 2.75) is 6.42 Å². The lowest BCUT2D eigenvalue weighted by Crippen LogP contribution is -2.13. The lowest BCUT2D eigenvalue weighted by atomic mass is 10.1. The molecule has 0 aromatic heterocycles. The Hall–Kier alpha value is -1.75. The van der Waals surface area contributed by atoms with Crippen molar-refractivity contribution in [3.05, 3.63) is 65.2 Å². The van der Waals surface area contributed by atoms with E-state index in [4.69, 9.17) is 0 Å². The first kappa shape index (κ1) is 14.7. The normalized spacial score (nSPS) is 10.3. The largest absolute Gasteiger partial charge is 0.322 e. The molecule has 0 aliphatic carbocycles. The molecule has 20 heavy (non-hydrogen) atoms. The molecule has 0 bridgehead atoms. The Morgan fingerprint density at radius 3 is 2.40 bits per heavy atom. The van der Waals surface area contributed by atoms with Gasteiger partial charge >= 0.3 is 0 Å². The van der Waals surface area contributed by atoms with Crippen LogP contribution in [0.3, 0.4) is 0 Å². The Morgan fingerprint density at radius 1 is 1.10 bits per heavy atom. The first-order chi connectivity index (χ1) is 9.60. The van der Waals surface area contributed by atoms with E-state index in [2.05, 4.69) is 21.2 Å². The number of benzene rings is 2. The fraction of sp³-hybridized carbons (Fsp3) is 0.133. The molecule has 0 saturated heterocycles. The Bertz CT molecular complexity index is 614. The number of alkyl halides is 1. The molecule has 5 heteroatoms. The maximum absolute atomic E-state index is 13.5. The van der Waals surface area contributed by atoms with Gasteiger partial charge in [-0.05, 0) is 36.2 Å². The van der Waals surface area contributed by atoms with Gasteiger partial charge in [0.15, 0.2) is 0 Å². The number of halogens is 3. The Kier molecular flexibility index (Phi) is 4.84. The molecular formula is C15H12BrF2NO. The van der Waals surface area contributed by atoms with Crippen LogP contribution in [0.15, 0.2) is 42.5 Å². The average molecular weight is 340 g/mol. The number of hydrogen-bond acceptors (Lipinski definition) is 1. The summed E-state index contributed by atoms with van der Waals surface area (Å²) in [7, 11) is 0. The molecule has 0 fully saturated rings. The zero-order valence-corrected chi connectivity index (χ0v) is 12.1. The van der Waals surface area contributed by atoms with E-state index in [1.807, 2.05) is 12.1 Å². The summed E-state index contributed by atoms with van der Waals surface area (Å²) in [6, 6.07) is 10.1. The highest BCUT2D eigenvalue weighted by Crippen LogP contribution is 2.14. The second-order valence-electron chi connectivity index (χ2n) is 4.21. The van der Waals surface area contributed by atoms with E-state index in [9.17, 15) is 13.6 Å². The third kappa shape index (κ3) is 3.63. The molecule has 0 unspecified atom stereocenters. The summed E-state index contributed by atoms with van der Waals surface area (Å²) >= 11 is 3.35. The molecule has 2 nitrogen and oxygen atoms in total. The molecule has 104 valence electrons. The maximum atomic E-state index is 13.5. The number of anilines is 1. The van der Waals surface area contributed by atoms with Gasteiger partial charge in [0.1, 0.15) is 11.6 Å². The molecule has 0 saturated carbocycles. The van der Waals surface area contributed by atoms with Gasteiger partial charge in [-0.25, -0.2) is 8.78 Å². The minimum absolute atomic E-state index is 0.184. The highest BCUT2D eigenvalue weighted by Gasteiger charge is 2.12. The van der Waals surface area contributed by atoms with Crippen LogP contribution in [0.4, 0.5) is 14.5 Å². The van der Waals surface area contributed by atoms with Crippen LogP contribution in [0.2, 0.25) is 0 Å². The van der Waals surface area contributed by atoms with E-state index in [-0.39, 0.29) is 5.56 Å². The van der Waals surface area contributed by atoms with Crippen molar-refractivity contribution in [2.24, 2.45) is 0 Å². The minimum Gasteiger partial charge on any atom is -0.322 e. The first-order valence-corrected chi connectivity index (χ1v) is 7.13. The molecule has 2 rings (SSSR count). The second kappa shape index (κ2) is 6.61. The fourth-order valence-electron chi connectivity index (χ4n) is 1.74. The summed E-state index contributed by atoms with van der Waals surface area (Å²) in [6.45, 7) is 0. The van der Waals surface area contributed by atoms with E-state index in [1.54, 1.807) is 12.1 Å². The zero-order valence-electron chi connectivity index (χ0n) is 10.5. The number of nitrogens with one attached hydrogen (secondary N) is 1. The highest BCUT2D eigenvalue weighted by molar-refractivity contribution is 9.09. The number of amides is 1. The van der Waals surface area contributed by atoms with Gasteiger partial charge in [0, 0.05) is 17.1 Å². The fourth-order valence-corrected chi connectivity index (χ4v) is 2.19. The van der Waals surface area contributed by atoms with E-state index in [1.165, 1.54) is 0 Å². The van der Waals surface area contributed by atoms with Crippen molar-refractivity contribution in [3.8, 4) is 0 Å². The van der Waals surface area contributed by atoms with Crippen molar-refractivity contribution >= 4 is 27.5 Å². The van der Waals surface area contributed by atoms with Crippen molar-refractivity contribution < 1.29 is 13.6 Å². The van der Waals surface area contributed by atoms with Gasteiger partial charge in [-0.3, -0.25) is 4.79 Å². The van der Waals surface area contributed by atoms with E-state index >= 15 is 0 Å². The minimum atomic E-state index is -0.876. The number of rotatable bonds is 4. The maximum Gasteiger partial charge on any atom is 0.258 e. The molecule has 2 aromatic carbocycles. The lowest BCUT2D eigenvalue weighted by Gasteiger charge is -2.07. The molecule has 0 aliphatic heterocycles. The second-order valence-corrected chi connectivity index (χ2v) is 5.01. The van der Waals surface area contributed by atoms with Gasteiger partial charge < -0.3 is 5.32 Å². The molecule has 0 radical (unpaired) electrons. The third-order valence-electron chi connectivity index (χ3n) is 2.77. The van der Waals surface area contributed by atoms with Crippen LogP contribution < -0.4 is 5.32 Å². The number of aryl methyl sites for hydroxylation is 1. The molecular weight excluding hydrogens is 328 g/mol. The molecule has 1 N–H and O–H groups in total. The monoisotopic (exact) mass is 339 g/mol. The number of hydrogen-bond donors (Lipinski definition) is 1. The van der Waals surface area contributed by atoms with Crippen molar-refractivity contribution in [2.75, 3.05) is 10.6 Å². The SMILES string of the molecule is O=C(Nc1ccc(CCBr)cc1)c1ccc(F)cc1F. The predicted molar refractivity (Wildman–Crippen MR) is 78.3 cm³/mol. The van der Waals surface area contributed by atoms with Crippen LogP contribution in [-0.4, -0.2) is 11.2 Å². The summed E-state index contributed by atoms with van der Waals surface area (Å²) in [6.07, 6.45) is 0.890. The Morgan fingerprint density at radius 2 is 1.80 bits per heavy atom.